The standard InChI is InChI=1S/C13H19NO/c1-4-12-5-7-13(8-6-12)11-15-10-9-14(2)3/h4-8H,1,9-11H2,2-3H3. The lowest BCUT2D eigenvalue weighted by molar-refractivity contribution is 0.105. The van der Waals surface area contributed by atoms with Gasteiger partial charge in [0.25, 0.3) is 0 Å². The Bertz CT molecular complexity index is 290. The zero-order chi connectivity index (χ0) is 11.1. The maximum atomic E-state index is 5.54. The molecule has 0 heterocycles. The van der Waals surface area contributed by atoms with Crippen LogP contribution in [0.2, 0.25) is 0 Å². The lowest BCUT2D eigenvalue weighted by Crippen LogP contribution is -2.17. The van der Waals surface area contributed by atoms with Crippen molar-refractivity contribution in [3.8, 4) is 0 Å². The minimum absolute atomic E-state index is 0.686. The molecular formula is C13H19NO. The van der Waals surface area contributed by atoms with Gasteiger partial charge in [0.15, 0.2) is 0 Å². The third-order valence-corrected chi connectivity index (χ3v) is 2.17. The van der Waals surface area contributed by atoms with E-state index >= 15 is 0 Å². The molecule has 0 bridgehead atoms. The third-order valence-electron chi connectivity index (χ3n) is 2.17. The summed E-state index contributed by atoms with van der Waals surface area (Å²) in [7, 11) is 4.09. The van der Waals surface area contributed by atoms with Crippen LogP contribution in [0.25, 0.3) is 6.08 Å². The second-order valence-corrected chi connectivity index (χ2v) is 3.80. The Morgan fingerprint density at radius 3 is 2.47 bits per heavy atom. The number of ether oxygens (including phenoxy) is 1. The first-order chi connectivity index (χ1) is 7.22. The molecule has 0 fully saturated rings. The largest absolute Gasteiger partial charge is 0.375 e. The van der Waals surface area contributed by atoms with Gasteiger partial charge in [0.1, 0.15) is 0 Å². The van der Waals surface area contributed by atoms with E-state index in [1.165, 1.54) is 5.56 Å². The predicted octanol–water partition coefficient (Wildman–Crippen LogP) is 2.41. The quantitative estimate of drug-likeness (QED) is 0.661. The molecule has 82 valence electrons. The molecule has 1 rings (SSSR count). The van der Waals surface area contributed by atoms with Gasteiger partial charge in [-0.3, -0.25) is 0 Å². The molecule has 0 saturated heterocycles. The summed E-state index contributed by atoms with van der Waals surface area (Å²) in [5.41, 5.74) is 2.35. The lowest BCUT2D eigenvalue weighted by Gasteiger charge is -2.09. The zero-order valence-electron chi connectivity index (χ0n) is 9.57. The van der Waals surface area contributed by atoms with Crippen molar-refractivity contribution in [2.75, 3.05) is 27.2 Å². The summed E-state index contributed by atoms with van der Waals surface area (Å²) >= 11 is 0. The molecule has 1 aromatic rings. The topological polar surface area (TPSA) is 12.5 Å². The van der Waals surface area contributed by atoms with E-state index in [2.05, 4.69) is 35.7 Å². The molecular weight excluding hydrogens is 186 g/mol. The van der Waals surface area contributed by atoms with Gasteiger partial charge in [0.2, 0.25) is 0 Å². The molecule has 0 aliphatic heterocycles. The Hall–Kier alpha value is -1.12. The number of likely N-dealkylation sites (N-methyl/N-ethyl adjacent to an activating group) is 1. The van der Waals surface area contributed by atoms with Crippen LogP contribution < -0.4 is 0 Å². The second kappa shape index (κ2) is 6.38. The van der Waals surface area contributed by atoms with Crippen molar-refractivity contribution in [2.45, 2.75) is 6.61 Å². The first-order valence-corrected chi connectivity index (χ1v) is 5.16. The van der Waals surface area contributed by atoms with Crippen molar-refractivity contribution in [1.29, 1.82) is 0 Å². The highest BCUT2D eigenvalue weighted by Gasteiger charge is 1.94. The van der Waals surface area contributed by atoms with E-state index < -0.39 is 0 Å². The van der Waals surface area contributed by atoms with Crippen molar-refractivity contribution in [2.24, 2.45) is 0 Å². The minimum Gasteiger partial charge on any atom is -0.375 e. The molecule has 2 nitrogen and oxygen atoms in total. The second-order valence-electron chi connectivity index (χ2n) is 3.80. The summed E-state index contributed by atoms with van der Waals surface area (Å²) in [6.07, 6.45) is 1.84. The fourth-order valence-corrected chi connectivity index (χ4v) is 1.19. The predicted molar refractivity (Wildman–Crippen MR) is 64.7 cm³/mol. The van der Waals surface area contributed by atoms with Crippen LogP contribution in [0.1, 0.15) is 11.1 Å². The van der Waals surface area contributed by atoms with Gasteiger partial charge in [0.05, 0.1) is 13.2 Å². The third kappa shape index (κ3) is 4.77. The van der Waals surface area contributed by atoms with Gasteiger partial charge >= 0.3 is 0 Å². The maximum absolute atomic E-state index is 5.54. The van der Waals surface area contributed by atoms with Crippen LogP contribution in [-0.2, 0) is 11.3 Å². The van der Waals surface area contributed by atoms with Gasteiger partial charge < -0.3 is 9.64 Å². The van der Waals surface area contributed by atoms with Crippen molar-refractivity contribution in [3.05, 3.63) is 42.0 Å². The van der Waals surface area contributed by atoms with Crippen molar-refractivity contribution in [3.63, 3.8) is 0 Å². The summed E-state index contributed by atoms with van der Waals surface area (Å²) in [4.78, 5) is 2.11. The molecule has 0 aliphatic carbocycles. The van der Waals surface area contributed by atoms with E-state index in [-0.39, 0.29) is 0 Å². The first kappa shape index (κ1) is 12.0. The number of hydrogen-bond donors (Lipinski definition) is 0. The van der Waals surface area contributed by atoms with Gasteiger partial charge in [-0.05, 0) is 25.2 Å². The molecule has 0 atom stereocenters. The lowest BCUT2D eigenvalue weighted by atomic mass is 10.1. The van der Waals surface area contributed by atoms with E-state index in [0.717, 1.165) is 18.7 Å². The first-order valence-electron chi connectivity index (χ1n) is 5.16. The van der Waals surface area contributed by atoms with Crippen LogP contribution in [-0.4, -0.2) is 32.1 Å². The molecule has 0 saturated carbocycles. The zero-order valence-corrected chi connectivity index (χ0v) is 9.57. The smallest absolute Gasteiger partial charge is 0.0717 e. The molecule has 0 unspecified atom stereocenters. The van der Waals surface area contributed by atoms with E-state index in [1.807, 2.05) is 20.2 Å². The maximum Gasteiger partial charge on any atom is 0.0717 e. The van der Waals surface area contributed by atoms with Gasteiger partial charge in [-0.25, -0.2) is 0 Å². The summed E-state index contributed by atoms with van der Waals surface area (Å²) in [6.45, 7) is 6.14. The van der Waals surface area contributed by atoms with E-state index in [4.69, 9.17) is 4.74 Å². The Morgan fingerprint density at radius 2 is 1.93 bits per heavy atom. The summed E-state index contributed by atoms with van der Waals surface area (Å²) in [6, 6.07) is 8.26. The van der Waals surface area contributed by atoms with E-state index in [9.17, 15) is 0 Å². The molecule has 15 heavy (non-hydrogen) atoms. The molecule has 0 aliphatic rings. The van der Waals surface area contributed by atoms with Gasteiger partial charge in [0, 0.05) is 6.54 Å². The number of benzene rings is 1. The van der Waals surface area contributed by atoms with Crippen LogP contribution in [0.15, 0.2) is 30.8 Å². The average Bonchev–Trinajstić information content (AvgIpc) is 2.25. The fraction of sp³-hybridized carbons (Fsp3) is 0.385. The van der Waals surface area contributed by atoms with Gasteiger partial charge in [-0.1, -0.05) is 36.9 Å². The van der Waals surface area contributed by atoms with Crippen molar-refractivity contribution < 1.29 is 4.74 Å². The monoisotopic (exact) mass is 205 g/mol. The van der Waals surface area contributed by atoms with Gasteiger partial charge in [-0.15, -0.1) is 0 Å². The fourth-order valence-electron chi connectivity index (χ4n) is 1.19. The average molecular weight is 205 g/mol. The molecule has 0 amide bonds. The van der Waals surface area contributed by atoms with Gasteiger partial charge in [-0.2, -0.15) is 0 Å². The SMILES string of the molecule is C=Cc1ccc(COCCN(C)C)cc1. The van der Waals surface area contributed by atoms with Crippen LogP contribution in [0, 0.1) is 0 Å². The Kier molecular flexibility index (Phi) is 5.08. The Morgan fingerprint density at radius 1 is 1.27 bits per heavy atom. The normalized spacial score (nSPS) is 10.6. The van der Waals surface area contributed by atoms with Crippen LogP contribution >= 0.6 is 0 Å². The van der Waals surface area contributed by atoms with E-state index in [0.29, 0.717) is 6.61 Å². The molecule has 1 aromatic carbocycles. The summed E-state index contributed by atoms with van der Waals surface area (Å²) in [5, 5.41) is 0. The van der Waals surface area contributed by atoms with Crippen LogP contribution in [0.4, 0.5) is 0 Å². The van der Waals surface area contributed by atoms with Crippen LogP contribution in [0.3, 0.4) is 0 Å². The van der Waals surface area contributed by atoms with E-state index in [1.54, 1.807) is 0 Å². The van der Waals surface area contributed by atoms with Crippen molar-refractivity contribution in [1.82, 2.24) is 4.90 Å². The van der Waals surface area contributed by atoms with Crippen molar-refractivity contribution >= 4 is 6.08 Å². The highest BCUT2D eigenvalue weighted by atomic mass is 16.5. The number of rotatable bonds is 6. The molecule has 0 radical (unpaired) electrons. The molecule has 0 spiro atoms. The molecule has 0 aromatic heterocycles. The number of hydrogen-bond acceptors (Lipinski definition) is 2. The molecule has 2 heteroatoms. The summed E-state index contributed by atoms with van der Waals surface area (Å²) < 4.78 is 5.54. The number of nitrogens with zero attached hydrogens (tertiary/aromatic N) is 1. The minimum atomic E-state index is 0.686. The highest BCUT2D eigenvalue weighted by molar-refractivity contribution is 5.47. The summed E-state index contributed by atoms with van der Waals surface area (Å²) in [5.74, 6) is 0. The Balaban J connectivity index is 2.28. The highest BCUT2D eigenvalue weighted by Crippen LogP contribution is 2.06. The molecule has 0 N–H and O–H groups in total. The Labute approximate surface area is 92.2 Å². The van der Waals surface area contributed by atoms with Crippen LogP contribution in [0.5, 0.6) is 0 Å².